The molecule has 3 rings (SSSR count). The molecule has 1 aliphatic heterocycles. The quantitative estimate of drug-likeness (QED) is 0.445. The Bertz CT molecular complexity index is 922. The first-order valence-electron chi connectivity index (χ1n) is 8.97. The van der Waals surface area contributed by atoms with Crippen LogP contribution in [0.5, 0.6) is 0 Å². The van der Waals surface area contributed by atoms with E-state index in [-0.39, 0.29) is 24.0 Å². The van der Waals surface area contributed by atoms with Gasteiger partial charge in [0.25, 0.3) is 0 Å². The third kappa shape index (κ3) is 3.67. The van der Waals surface area contributed by atoms with Crippen molar-refractivity contribution in [3.63, 3.8) is 0 Å². The number of H-pyrrole nitrogens is 1. The lowest BCUT2D eigenvalue weighted by molar-refractivity contribution is -0.148. The van der Waals surface area contributed by atoms with Crippen molar-refractivity contribution in [3.8, 4) is 0 Å². The van der Waals surface area contributed by atoms with E-state index in [9.17, 15) is 18.0 Å². The molecule has 27 heavy (non-hydrogen) atoms. The molecular weight excluding hydrogens is 377 g/mol. The fraction of sp³-hybridized carbons (Fsp3) is 0.474. The van der Waals surface area contributed by atoms with Gasteiger partial charge in [-0.05, 0) is 44.1 Å². The molecule has 0 spiro atoms. The third-order valence-corrected chi connectivity index (χ3v) is 5.39. The Morgan fingerprint density at radius 2 is 2.04 bits per heavy atom. The number of ether oxygens (including phenoxy) is 1. The molecule has 1 aromatic heterocycles. The van der Waals surface area contributed by atoms with Crippen LogP contribution in [0.2, 0.25) is 0 Å². The molecule has 4 nitrogen and oxygen atoms in total. The maximum atomic E-state index is 14.2. The second kappa shape index (κ2) is 7.88. The summed E-state index contributed by atoms with van der Waals surface area (Å²) in [6.45, 7) is 4.21. The van der Waals surface area contributed by atoms with Crippen molar-refractivity contribution < 1.29 is 22.7 Å². The van der Waals surface area contributed by atoms with E-state index in [2.05, 4.69) is 4.98 Å². The Morgan fingerprint density at radius 1 is 1.33 bits per heavy atom. The van der Waals surface area contributed by atoms with Gasteiger partial charge in [-0.3, -0.25) is 4.79 Å². The molecule has 0 fully saturated rings. The van der Waals surface area contributed by atoms with Crippen LogP contribution in [0.15, 0.2) is 12.1 Å². The van der Waals surface area contributed by atoms with E-state index in [1.165, 1.54) is 0 Å². The SMILES string of the molecule is CCOC(=O)C(CC)Cc1[nH]c(=S)n2c1C[C@H](c1c(F)ccc(F)c1F)C2. The van der Waals surface area contributed by atoms with Gasteiger partial charge in [0.1, 0.15) is 5.82 Å². The van der Waals surface area contributed by atoms with Crippen molar-refractivity contribution in [2.75, 3.05) is 6.61 Å². The number of aromatic nitrogens is 2. The fourth-order valence-corrected chi connectivity index (χ4v) is 3.99. The van der Waals surface area contributed by atoms with Gasteiger partial charge in [-0.15, -0.1) is 0 Å². The Labute approximate surface area is 160 Å². The molecule has 146 valence electrons. The number of fused-ring (bicyclic) bond motifs is 1. The molecule has 0 bridgehead atoms. The number of nitrogens with zero attached hydrogens (tertiary/aromatic N) is 1. The van der Waals surface area contributed by atoms with Gasteiger partial charge in [-0.2, -0.15) is 0 Å². The smallest absolute Gasteiger partial charge is 0.309 e. The Balaban J connectivity index is 1.89. The highest BCUT2D eigenvalue weighted by Crippen LogP contribution is 2.35. The summed E-state index contributed by atoms with van der Waals surface area (Å²) in [6.07, 6.45) is 1.32. The largest absolute Gasteiger partial charge is 0.466 e. The number of carbonyl (C=O) groups excluding carboxylic acids is 1. The summed E-state index contributed by atoms with van der Waals surface area (Å²) in [5.74, 6) is -4.14. The van der Waals surface area contributed by atoms with Gasteiger partial charge in [0, 0.05) is 35.8 Å². The van der Waals surface area contributed by atoms with Crippen LogP contribution in [0, 0.1) is 28.1 Å². The Hall–Kier alpha value is -2.09. The first kappa shape index (κ1) is 19.7. The average Bonchev–Trinajstić information content (AvgIpc) is 3.18. The van der Waals surface area contributed by atoms with Gasteiger partial charge >= 0.3 is 5.97 Å². The van der Waals surface area contributed by atoms with Crippen molar-refractivity contribution in [2.24, 2.45) is 5.92 Å². The number of benzene rings is 1. The van der Waals surface area contributed by atoms with Crippen LogP contribution >= 0.6 is 12.2 Å². The van der Waals surface area contributed by atoms with E-state index < -0.39 is 23.4 Å². The molecule has 0 aliphatic carbocycles. The zero-order valence-corrected chi connectivity index (χ0v) is 16.0. The van der Waals surface area contributed by atoms with Crippen LogP contribution in [0.4, 0.5) is 13.2 Å². The highest BCUT2D eigenvalue weighted by atomic mass is 32.1. The van der Waals surface area contributed by atoms with Gasteiger partial charge in [0.05, 0.1) is 12.5 Å². The van der Waals surface area contributed by atoms with Crippen LogP contribution in [-0.4, -0.2) is 22.1 Å². The predicted molar refractivity (Wildman–Crippen MR) is 96.5 cm³/mol. The first-order valence-corrected chi connectivity index (χ1v) is 9.38. The van der Waals surface area contributed by atoms with Gasteiger partial charge in [0.15, 0.2) is 16.4 Å². The van der Waals surface area contributed by atoms with E-state index in [4.69, 9.17) is 17.0 Å². The lowest BCUT2D eigenvalue weighted by atomic mass is 9.93. The van der Waals surface area contributed by atoms with Gasteiger partial charge in [-0.1, -0.05) is 6.92 Å². The lowest BCUT2D eigenvalue weighted by Gasteiger charge is -2.14. The maximum absolute atomic E-state index is 14.2. The number of hydrogen-bond acceptors (Lipinski definition) is 3. The zero-order valence-electron chi connectivity index (χ0n) is 15.2. The molecular formula is C19H21F3N2O2S. The highest BCUT2D eigenvalue weighted by molar-refractivity contribution is 7.71. The molecule has 0 saturated carbocycles. The van der Waals surface area contributed by atoms with Crippen molar-refractivity contribution in [3.05, 3.63) is 51.3 Å². The zero-order chi connectivity index (χ0) is 19.7. The fourth-order valence-electron chi connectivity index (χ4n) is 3.68. The van der Waals surface area contributed by atoms with Crippen molar-refractivity contribution in [1.29, 1.82) is 0 Å². The van der Waals surface area contributed by atoms with Crippen molar-refractivity contribution >= 4 is 18.2 Å². The first-order chi connectivity index (χ1) is 12.9. The number of nitrogens with one attached hydrogen (secondary N) is 1. The summed E-state index contributed by atoms with van der Waals surface area (Å²) in [5.41, 5.74) is 1.31. The number of rotatable bonds is 6. The van der Waals surface area contributed by atoms with Gasteiger partial charge in [-0.25, -0.2) is 13.2 Å². The number of hydrogen-bond donors (Lipinski definition) is 1. The molecule has 0 radical (unpaired) electrons. The van der Waals surface area contributed by atoms with Crippen LogP contribution in [0.1, 0.15) is 43.1 Å². The number of aromatic amines is 1. The topological polar surface area (TPSA) is 47.0 Å². The minimum Gasteiger partial charge on any atom is -0.466 e. The molecule has 1 N–H and O–H groups in total. The maximum Gasteiger partial charge on any atom is 0.309 e. The minimum absolute atomic E-state index is 0.253. The van der Waals surface area contributed by atoms with E-state index in [1.54, 1.807) is 11.5 Å². The summed E-state index contributed by atoms with van der Waals surface area (Å²) >= 11 is 5.33. The third-order valence-electron chi connectivity index (χ3n) is 5.07. The molecule has 1 aliphatic rings. The lowest BCUT2D eigenvalue weighted by Crippen LogP contribution is -2.20. The van der Waals surface area contributed by atoms with Crippen LogP contribution < -0.4 is 0 Å². The van der Waals surface area contributed by atoms with E-state index in [0.717, 1.165) is 23.5 Å². The summed E-state index contributed by atoms with van der Waals surface area (Å²) in [4.78, 5) is 15.2. The summed E-state index contributed by atoms with van der Waals surface area (Å²) in [5, 5.41) is 0. The Kier molecular flexibility index (Phi) is 5.74. The van der Waals surface area contributed by atoms with E-state index >= 15 is 0 Å². The Morgan fingerprint density at radius 3 is 2.70 bits per heavy atom. The van der Waals surface area contributed by atoms with Crippen molar-refractivity contribution in [1.82, 2.24) is 9.55 Å². The average molecular weight is 398 g/mol. The summed E-state index contributed by atoms with van der Waals surface area (Å²) in [6, 6.07) is 1.73. The molecule has 8 heteroatoms. The second-order valence-electron chi connectivity index (χ2n) is 6.69. The normalized spacial score (nSPS) is 17.0. The number of imidazole rings is 1. The van der Waals surface area contributed by atoms with Crippen LogP contribution in [0.3, 0.4) is 0 Å². The van der Waals surface area contributed by atoms with Crippen LogP contribution in [-0.2, 0) is 28.9 Å². The van der Waals surface area contributed by atoms with Gasteiger partial charge < -0.3 is 14.3 Å². The molecule has 2 aromatic rings. The molecule has 2 atom stereocenters. The molecule has 0 saturated heterocycles. The second-order valence-corrected chi connectivity index (χ2v) is 7.07. The van der Waals surface area contributed by atoms with Crippen LogP contribution in [0.25, 0.3) is 0 Å². The van der Waals surface area contributed by atoms with E-state index in [0.29, 0.717) is 30.6 Å². The predicted octanol–water partition coefficient (Wildman–Crippen LogP) is 4.43. The molecule has 1 aromatic carbocycles. The highest BCUT2D eigenvalue weighted by Gasteiger charge is 2.33. The molecule has 2 heterocycles. The van der Waals surface area contributed by atoms with E-state index in [1.807, 2.05) is 6.92 Å². The minimum atomic E-state index is -1.15. The standard InChI is InChI=1S/C19H21F3N2O2S/c1-3-10(18(25)26-4-2)7-14-15-8-11(9-24(15)19(27)23-14)16-12(20)5-6-13(21)17(16)22/h5-6,10-11H,3-4,7-9H2,1-2H3,(H,23,27)/t10?,11-/m0/s1. The monoisotopic (exact) mass is 398 g/mol. The summed E-state index contributed by atoms with van der Waals surface area (Å²) < 4.78 is 49.2. The molecule has 0 amide bonds. The molecule has 1 unspecified atom stereocenters. The van der Waals surface area contributed by atoms with Gasteiger partial charge in [0.2, 0.25) is 0 Å². The van der Waals surface area contributed by atoms with Crippen molar-refractivity contribution in [2.45, 2.75) is 45.6 Å². The number of esters is 1. The number of halogens is 3. The number of carbonyl (C=O) groups is 1. The summed E-state index contributed by atoms with van der Waals surface area (Å²) in [7, 11) is 0.